The maximum absolute atomic E-state index is 12.2. The van der Waals surface area contributed by atoms with Gasteiger partial charge in [0, 0.05) is 29.5 Å². The Balaban J connectivity index is 0.00000225. The summed E-state index contributed by atoms with van der Waals surface area (Å²) in [6.07, 6.45) is 6.64. The van der Waals surface area contributed by atoms with Gasteiger partial charge >= 0.3 is 0 Å². The summed E-state index contributed by atoms with van der Waals surface area (Å²) in [5.41, 5.74) is 0.980. The van der Waals surface area contributed by atoms with Gasteiger partial charge in [-0.2, -0.15) is 0 Å². The van der Waals surface area contributed by atoms with Crippen molar-refractivity contribution < 1.29 is 9.21 Å². The highest BCUT2D eigenvalue weighted by molar-refractivity contribution is 7.15. The van der Waals surface area contributed by atoms with Gasteiger partial charge in [-0.15, -0.1) is 23.7 Å². The summed E-state index contributed by atoms with van der Waals surface area (Å²) < 4.78 is 5.74. The Bertz CT molecular complexity index is 891. The normalized spacial score (nSPS) is 14.4. The highest BCUT2D eigenvalue weighted by Gasteiger charge is 2.18. The molecule has 1 saturated heterocycles. The SMILES string of the molecule is Cl.O=C(CCc1ncc(-c2ccccc2)o1)Nc1ncc(C2CCNCC2)s1. The lowest BCUT2D eigenvalue weighted by Gasteiger charge is -2.20. The van der Waals surface area contributed by atoms with E-state index in [-0.39, 0.29) is 18.3 Å². The van der Waals surface area contributed by atoms with E-state index in [0.29, 0.717) is 29.8 Å². The number of benzene rings is 1. The highest BCUT2D eigenvalue weighted by atomic mass is 35.5. The summed E-state index contributed by atoms with van der Waals surface area (Å²) in [4.78, 5) is 22.1. The number of aromatic nitrogens is 2. The smallest absolute Gasteiger partial charge is 0.226 e. The Morgan fingerprint density at radius 2 is 1.96 bits per heavy atom. The molecule has 4 rings (SSSR count). The molecule has 28 heavy (non-hydrogen) atoms. The topological polar surface area (TPSA) is 80.1 Å². The molecule has 0 bridgehead atoms. The third-order valence-electron chi connectivity index (χ3n) is 4.69. The van der Waals surface area contributed by atoms with Crippen molar-refractivity contribution in [2.24, 2.45) is 0 Å². The number of anilines is 1. The molecule has 0 saturated carbocycles. The summed E-state index contributed by atoms with van der Waals surface area (Å²) in [5, 5.41) is 6.93. The third kappa shape index (κ3) is 5.19. The highest BCUT2D eigenvalue weighted by Crippen LogP contribution is 2.31. The first-order chi connectivity index (χ1) is 13.3. The van der Waals surface area contributed by atoms with E-state index in [1.165, 1.54) is 4.88 Å². The molecule has 1 fully saturated rings. The molecular formula is C20H23ClN4O2S. The third-order valence-corrected chi connectivity index (χ3v) is 5.76. The van der Waals surface area contributed by atoms with Gasteiger partial charge in [-0.25, -0.2) is 9.97 Å². The van der Waals surface area contributed by atoms with Crippen molar-refractivity contribution in [1.29, 1.82) is 0 Å². The predicted octanol–water partition coefficient (Wildman–Crippen LogP) is 4.26. The van der Waals surface area contributed by atoms with Crippen LogP contribution in [0.3, 0.4) is 0 Å². The van der Waals surface area contributed by atoms with Gasteiger partial charge in [0.05, 0.1) is 6.20 Å². The summed E-state index contributed by atoms with van der Waals surface area (Å²) in [6, 6.07) is 9.81. The number of carbonyl (C=O) groups is 1. The molecule has 0 unspecified atom stereocenters. The minimum absolute atomic E-state index is 0. The van der Waals surface area contributed by atoms with E-state index < -0.39 is 0 Å². The van der Waals surface area contributed by atoms with Gasteiger partial charge in [-0.3, -0.25) is 4.79 Å². The number of aryl methyl sites for hydroxylation is 1. The number of hydrogen-bond acceptors (Lipinski definition) is 6. The number of hydrogen-bond donors (Lipinski definition) is 2. The van der Waals surface area contributed by atoms with E-state index in [1.807, 2.05) is 36.5 Å². The maximum atomic E-state index is 12.2. The van der Waals surface area contributed by atoms with Crippen molar-refractivity contribution in [3.8, 4) is 11.3 Å². The van der Waals surface area contributed by atoms with Crippen LogP contribution >= 0.6 is 23.7 Å². The monoisotopic (exact) mass is 418 g/mol. The van der Waals surface area contributed by atoms with Crippen LogP contribution < -0.4 is 10.6 Å². The van der Waals surface area contributed by atoms with Crippen molar-refractivity contribution in [2.75, 3.05) is 18.4 Å². The van der Waals surface area contributed by atoms with E-state index in [0.717, 1.165) is 37.3 Å². The molecule has 1 aliphatic rings. The van der Waals surface area contributed by atoms with Crippen LogP contribution in [0.15, 0.2) is 47.1 Å². The fraction of sp³-hybridized carbons (Fsp3) is 0.350. The number of piperidine rings is 1. The van der Waals surface area contributed by atoms with Crippen LogP contribution in [0.1, 0.15) is 35.9 Å². The molecule has 0 aliphatic carbocycles. The Hall–Kier alpha value is -2.22. The molecule has 0 atom stereocenters. The molecule has 6 nitrogen and oxygen atoms in total. The quantitative estimate of drug-likeness (QED) is 0.625. The molecule has 2 aromatic heterocycles. The Labute approximate surface area is 174 Å². The van der Waals surface area contributed by atoms with Crippen LogP contribution in [0, 0.1) is 0 Å². The molecule has 1 aliphatic heterocycles. The standard InChI is InChI=1S/C20H22N4O2S.ClH/c25-18(24-20-23-13-17(27-20)15-8-10-21-11-9-15)6-7-19-22-12-16(26-19)14-4-2-1-3-5-14;/h1-5,12-13,15,21H,6-11H2,(H,23,24,25);1H. The number of amides is 1. The van der Waals surface area contributed by atoms with Gasteiger partial charge in [0.25, 0.3) is 0 Å². The van der Waals surface area contributed by atoms with E-state index in [9.17, 15) is 4.79 Å². The average molecular weight is 419 g/mol. The van der Waals surface area contributed by atoms with Crippen LogP contribution in [0.5, 0.6) is 0 Å². The second kappa shape index (κ2) is 9.82. The summed E-state index contributed by atoms with van der Waals surface area (Å²) in [5.74, 6) is 1.77. The lowest BCUT2D eigenvalue weighted by atomic mass is 9.97. The fourth-order valence-electron chi connectivity index (χ4n) is 3.20. The largest absolute Gasteiger partial charge is 0.441 e. The van der Waals surface area contributed by atoms with Crippen LogP contribution in [0.2, 0.25) is 0 Å². The Kier molecular flexibility index (Phi) is 7.19. The number of nitrogens with zero attached hydrogens (tertiary/aromatic N) is 2. The van der Waals surface area contributed by atoms with Gasteiger partial charge in [-0.1, -0.05) is 30.3 Å². The summed E-state index contributed by atoms with van der Waals surface area (Å²) >= 11 is 1.58. The molecule has 3 heterocycles. The van der Waals surface area contributed by atoms with E-state index in [4.69, 9.17) is 4.42 Å². The first kappa shape index (κ1) is 20.5. The van der Waals surface area contributed by atoms with E-state index in [2.05, 4.69) is 20.6 Å². The zero-order valence-corrected chi connectivity index (χ0v) is 17.0. The molecule has 2 N–H and O–H groups in total. The van der Waals surface area contributed by atoms with E-state index in [1.54, 1.807) is 17.5 Å². The molecule has 1 aromatic carbocycles. The van der Waals surface area contributed by atoms with Crippen molar-refractivity contribution in [3.05, 3.63) is 53.5 Å². The van der Waals surface area contributed by atoms with Crippen molar-refractivity contribution >= 4 is 34.8 Å². The van der Waals surface area contributed by atoms with Crippen molar-refractivity contribution in [1.82, 2.24) is 15.3 Å². The second-order valence-electron chi connectivity index (χ2n) is 6.62. The molecule has 3 aromatic rings. The number of thiazole rings is 1. The first-order valence-corrected chi connectivity index (χ1v) is 10.1. The Morgan fingerprint density at radius 3 is 2.75 bits per heavy atom. The number of nitrogens with one attached hydrogen (secondary N) is 2. The minimum atomic E-state index is -0.0688. The maximum Gasteiger partial charge on any atom is 0.226 e. The van der Waals surface area contributed by atoms with E-state index >= 15 is 0 Å². The summed E-state index contributed by atoms with van der Waals surface area (Å²) in [6.45, 7) is 2.09. The number of halogens is 1. The molecule has 8 heteroatoms. The van der Waals surface area contributed by atoms with Crippen LogP contribution in [-0.4, -0.2) is 29.0 Å². The summed E-state index contributed by atoms with van der Waals surface area (Å²) in [7, 11) is 0. The molecule has 0 spiro atoms. The number of oxazole rings is 1. The van der Waals surface area contributed by atoms with Gasteiger partial charge < -0.3 is 15.1 Å². The van der Waals surface area contributed by atoms with Gasteiger partial charge in [-0.05, 0) is 31.8 Å². The molecular weight excluding hydrogens is 396 g/mol. The zero-order valence-electron chi connectivity index (χ0n) is 15.4. The molecule has 148 valence electrons. The van der Waals surface area contributed by atoms with Crippen LogP contribution in [0.25, 0.3) is 11.3 Å². The first-order valence-electron chi connectivity index (χ1n) is 9.24. The van der Waals surface area contributed by atoms with Crippen molar-refractivity contribution in [3.63, 3.8) is 0 Å². The predicted molar refractivity (Wildman–Crippen MR) is 113 cm³/mol. The van der Waals surface area contributed by atoms with Gasteiger partial charge in [0.2, 0.25) is 5.91 Å². The van der Waals surface area contributed by atoms with Crippen LogP contribution in [0.4, 0.5) is 5.13 Å². The zero-order chi connectivity index (χ0) is 18.5. The average Bonchev–Trinajstić information content (AvgIpc) is 3.37. The second-order valence-corrected chi connectivity index (χ2v) is 7.69. The number of rotatable bonds is 6. The Morgan fingerprint density at radius 1 is 1.18 bits per heavy atom. The van der Waals surface area contributed by atoms with Crippen LogP contribution in [-0.2, 0) is 11.2 Å². The van der Waals surface area contributed by atoms with Gasteiger partial charge in [0.1, 0.15) is 0 Å². The minimum Gasteiger partial charge on any atom is -0.441 e. The molecule has 0 radical (unpaired) electrons. The lowest BCUT2D eigenvalue weighted by Crippen LogP contribution is -2.26. The fourth-order valence-corrected chi connectivity index (χ4v) is 4.20. The van der Waals surface area contributed by atoms with Crippen molar-refractivity contribution in [2.45, 2.75) is 31.6 Å². The molecule has 1 amide bonds. The van der Waals surface area contributed by atoms with Gasteiger partial charge in [0.15, 0.2) is 16.8 Å². The number of carbonyl (C=O) groups excluding carboxylic acids is 1. The lowest BCUT2D eigenvalue weighted by molar-refractivity contribution is -0.116.